The second-order valence-electron chi connectivity index (χ2n) is 6.93. The number of ether oxygens (including phenoxy) is 1. The number of carbonyl (C=O) groups excluding carboxylic acids is 1. The fraction of sp³-hybridized carbons (Fsp3) is 0.444. The topological polar surface area (TPSA) is 56.1 Å². The van der Waals surface area contributed by atoms with Gasteiger partial charge in [0.25, 0.3) is 0 Å². The molecule has 1 aliphatic rings. The lowest BCUT2D eigenvalue weighted by Gasteiger charge is -2.18. The van der Waals surface area contributed by atoms with Gasteiger partial charge in [0.1, 0.15) is 5.60 Å². The molecule has 2 aromatic rings. The molecule has 0 aliphatic carbocycles. The Morgan fingerprint density at radius 1 is 1.35 bits per heavy atom. The molecule has 0 radical (unpaired) electrons. The summed E-state index contributed by atoms with van der Waals surface area (Å²) in [6.45, 7) is 6.60. The first-order chi connectivity index (χ1) is 10.9. The third-order valence-electron chi connectivity index (χ3n) is 3.85. The van der Waals surface area contributed by atoms with E-state index in [4.69, 9.17) is 4.74 Å². The maximum Gasteiger partial charge on any atom is 0.435 e. The van der Waals surface area contributed by atoms with Gasteiger partial charge in [-0.15, -0.1) is 0 Å². The zero-order chi connectivity index (χ0) is 16.4. The van der Waals surface area contributed by atoms with Crippen LogP contribution in [-0.4, -0.2) is 28.0 Å². The van der Waals surface area contributed by atoms with Crippen molar-refractivity contribution in [3.63, 3.8) is 0 Å². The number of rotatable bonds is 2. The normalized spacial score (nSPS) is 18.1. The average Bonchev–Trinajstić information content (AvgIpc) is 3.17. The van der Waals surface area contributed by atoms with Gasteiger partial charge < -0.3 is 10.1 Å². The molecule has 1 aromatic heterocycles. The van der Waals surface area contributed by atoms with Crippen molar-refractivity contribution in [2.24, 2.45) is 0 Å². The molecule has 1 fully saturated rings. The summed E-state index contributed by atoms with van der Waals surface area (Å²) in [4.78, 5) is 12.0. The molecule has 0 spiro atoms. The van der Waals surface area contributed by atoms with E-state index in [1.54, 1.807) is 12.4 Å². The largest absolute Gasteiger partial charge is 0.442 e. The quantitative estimate of drug-likeness (QED) is 0.917. The first-order valence-electron chi connectivity index (χ1n) is 8.04. The van der Waals surface area contributed by atoms with Crippen molar-refractivity contribution in [2.45, 2.75) is 45.3 Å². The minimum Gasteiger partial charge on any atom is -0.442 e. The van der Waals surface area contributed by atoms with Gasteiger partial charge in [0.15, 0.2) is 0 Å². The molecule has 1 unspecified atom stereocenters. The smallest absolute Gasteiger partial charge is 0.435 e. The van der Waals surface area contributed by atoms with Gasteiger partial charge in [-0.3, -0.25) is 0 Å². The lowest BCUT2D eigenvalue weighted by Crippen LogP contribution is -2.27. The Bertz CT molecular complexity index is 694. The van der Waals surface area contributed by atoms with Gasteiger partial charge in [-0.05, 0) is 57.4 Å². The van der Waals surface area contributed by atoms with Gasteiger partial charge in [-0.25, -0.2) is 4.79 Å². The fourth-order valence-corrected chi connectivity index (χ4v) is 2.78. The van der Waals surface area contributed by atoms with Crippen molar-refractivity contribution in [2.75, 3.05) is 6.54 Å². The van der Waals surface area contributed by atoms with Crippen molar-refractivity contribution in [3.05, 3.63) is 42.2 Å². The van der Waals surface area contributed by atoms with Crippen molar-refractivity contribution in [1.29, 1.82) is 0 Å². The van der Waals surface area contributed by atoms with Crippen LogP contribution in [-0.2, 0) is 4.74 Å². The van der Waals surface area contributed by atoms with E-state index in [0.29, 0.717) is 6.04 Å². The van der Waals surface area contributed by atoms with Crippen LogP contribution in [0.4, 0.5) is 4.79 Å². The van der Waals surface area contributed by atoms with Gasteiger partial charge in [-0.1, -0.05) is 18.2 Å². The van der Waals surface area contributed by atoms with Gasteiger partial charge in [0.2, 0.25) is 0 Å². The molecule has 0 bridgehead atoms. The third kappa shape index (κ3) is 3.79. The first-order valence-corrected chi connectivity index (χ1v) is 8.04. The number of nitrogens with zero attached hydrogens (tertiary/aromatic N) is 2. The maximum absolute atomic E-state index is 12.0. The van der Waals surface area contributed by atoms with Crippen LogP contribution in [0.25, 0.3) is 11.1 Å². The van der Waals surface area contributed by atoms with E-state index in [2.05, 4.69) is 28.6 Å². The summed E-state index contributed by atoms with van der Waals surface area (Å²) in [6, 6.07) is 8.82. The Hall–Kier alpha value is -2.14. The summed E-state index contributed by atoms with van der Waals surface area (Å²) in [5, 5.41) is 7.64. The SMILES string of the molecule is CC(C)(C)OC(=O)n1cc(-c2cccc(C3CCCN3)c2)cn1. The Morgan fingerprint density at radius 3 is 2.87 bits per heavy atom. The molecule has 3 rings (SSSR count). The number of hydrogen-bond acceptors (Lipinski definition) is 4. The second-order valence-corrected chi connectivity index (χ2v) is 6.93. The molecule has 0 saturated carbocycles. The molecule has 23 heavy (non-hydrogen) atoms. The molecule has 1 aromatic carbocycles. The molecule has 2 heterocycles. The van der Waals surface area contributed by atoms with Crippen LogP contribution < -0.4 is 5.32 Å². The first kappa shape index (κ1) is 15.7. The molecule has 1 saturated heterocycles. The zero-order valence-electron chi connectivity index (χ0n) is 13.9. The van der Waals surface area contributed by atoms with Crippen molar-refractivity contribution in [1.82, 2.24) is 15.1 Å². The molecule has 1 atom stereocenters. The van der Waals surface area contributed by atoms with Gasteiger partial charge in [-0.2, -0.15) is 9.78 Å². The van der Waals surface area contributed by atoms with Crippen LogP contribution in [0, 0.1) is 0 Å². The summed E-state index contributed by atoms with van der Waals surface area (Å²) in [5.41, 5.74) is 2.73. The Morgan fingerprint density at radius 2 is 2.17 bits per heavy atom. The third-order valence-corrected chi connectivity index (χ3v) is 3.85. The zero-order valence-corrected chi connectivity index (χ0v) is 13.9. The molecule has 5 nitrogen and oxygen atoms in total. The summed E-state index contributed by atoms with van der Waals surface area (Å²) < 4.78 is 6.58. The Kier molecular flexibility index (Phi) is 4.22. The summed E-state index contributed by atoms with van der Waals surface area (Å²) in [7, 11) is 0. The van der Waals surface area contributed by atoms with Crippen molar-refractivity contribution < 1.29 is 9.53 Å². The van der Waals surface area contributed by atoms with E-state index in [-0.39, 0.29) is 0 Å². The minimum atomic E-state index is -0.531. The highest BCUT2D eigenvalue weighted by molar-refractivity contribution is 5.72. The molecule has 1 aliphatic heterocycles. The number of hydrogen-bond donors (Lipinski definition) is 1. The minimum absolute atomic E-state index is 0.427. The van der Waals surface area contributed by atoms with Crippen LogP contribution in [0.5, 0.6) is 0 Å². The molecule has 0 amide bonds. The number of carbonyl (C=O) groups is 1. The van der Waals surface area contributed by atoms with Gasteiger partial charge >= 0.3 is 6.09 Å². The number of nitrogens with one attached hydrogen (secondary N) is 1. The Balaban J connectivity index is 1.80. The predicted molar refractivity (Wildman–Crippen MR) is 89.3 cm³/mol. The highest BCUT2D eigenvalue weighted by atomic mass is 16.6. The van der Waals surface area contributed by atoms with Crippen LogP contribution in [0.3, 0.4) is 0 Å². The van der Waals surface area contributed by atoms with Crippen molar-refractivity contribution >= 4 is 6.09 Å². The highest BCUT2D eigenvalue weighted by Crippen LogP contribution is 2.27. The lowest BCUT2D eigenvalue weighted by atomic mass is 10.0. The standard InChI is InChI=1S/C18H23N3O2/c1-18(2,3)23-17(22)21-12-15(11-20-21)13-6-4-7-14(10-13)16-8-5-9-19-16/h4,6-7,10-12,16,19H,5,8-9H2,1-3H3. The van der Waals surface area contributed by atoms with E-state index >= 15 is 0 Å². The van der Waals surface area contributed by atoms with Crippen LogP contribution in [0.1, 0.15) is 45.2 Å². The fourth-order valence-electron chi connectivity index (χ4n) is 2.78. The summed E-state index contributed by atoms with van der Waals surface area (Å²) in [6.07, 6.45) is 5.34. The van der Waals surface area contributed by atoms with E-state index in [9.17, 15) is 4.79 Å². The van der Waals surface area contributed by atoms with Gasteiger partial charge in [0.05, 0.1) is 6.20 Å². The van der Waals surface area contributed by atoms with Crippen LogP contribution in [0.15, 0.2) is 36.7 Å². The van der Waals surface area contributed by atoms with E-state index < -0.39 is 11.7 Å². The number of aromatic nitrogens is 2. The summed E-state index contributed by atoms with van der Waals surface area (Å²) in [5.74, 6) is 0. The second kappa shape index (κ2) is 6.16. The van der Waals surface area contributed by atoms with Gasteiger partial charge in [0, 0.05) is 17.8 Å². The summed E-state index contributed by atoms with van der Waals surface area (Å²) >= 11 is 0. The maximum atomic E-state index is 12.0. The molecular weight excluding hydrogens is 290 g/mol. The van der Waals surface area contributed by atoms with E-state index in [0.717, 1.165) is 17.7 Å². The van der Waals surface area contributed by atoms with Crippen LogP contribution >= 0.6 is 0 Å². The highest BCUT2D eigenvalue weighted by Gasteiger charge is 2.19. The van der Waals surface area contributed by atoms with E-state index in [1.165, 1.54) is 23.1 Å². The van der Waals surface area contributed by atoms with E-state index in [1.807, 2.05) is 26.8 Å². The number of benzene rings is 1. The molecule has 122 valence electrons. The monoisotopic (exact) mass is 313 g/mol. The molecular formula is C18H23N3O2. The molecule has 1 N–H and O–H groups in total. The van der Waals surface area contributed by atoms with Crippen molar-refractivity contribution in [3.8, 4) is 11.1 Å². The predicted octanol–water partition coefficient (Wildman–Crippen LogP) is 3.76. The molecule has 5 heteroatoms. The lowest BCUT2D eigenvalue weighted by molar-refractivity contribution is 0.0514. The Labute approximate surface area is 136 Å². The van der Waals surface area contributed by atoms with Crippen LogP contribution in [0.2, 0.25) is 0 Å². The average molecular weight is 313 g/mol.